The van der Waals surface area contributed by atoms with Crippen LogP contribution in [-0.4, -0.2) is 38.0 Å². The maximum Gasteiger partial charge on any atom is 0.276 e. The average Bonchev–Trinajstić information content (AvgIpc) is 3.12. The van der Waals surface area contributed by atoms with Crippen LogP contribution in [0.3, 0.4) is 0 Å². The summed E-state index contributed by atoms with van der Waals surface area (Å²) in [5, 5.41) is 14.9. The van der Waals surface area contributed by atoms with Gasteiger partial charge in [0.05, 0.1) is 53.3 Å². The van der Waals surface area contributed by atoms with Gasteiger partial charge in [-0.05, 0) is 37.3 Å². The van der Waals surface area contributed by atoms with E-state index in [0.717, 1.165) is 0 Å². The van der Waals surface area contributed by atoms with Crippen molar-refractivity contribution in [2.75, 3.05) is 6.54 Å². The molecule has 3 heterocycles. The number of aromatic amines is 1. The Morgan fingerprint density at radius 3 is 2.87 bits per heavy atom. The molecule has 31 heavy (non-hydrogen) atoms. The SMILES string of the molecule is CC1c2c([nH]n(-c3cccc(C#N)c3)c2=O)CC(=O)N1CC(=O)NCc1ccccn1. The molecule has 1 aromatic carbocycles. The Balaban J connectivity index is 1.54. The second kappa shape index (κ2) is 8.28. The Hall–Kier alpha value is -4.19. The molecule has 9 heteroatoms. The highest BCUT2D eigenvalue weighted by molar-refractivity contribution is 5.87. The molecule has 2 amide bonds. The molecule has 1 unspecified atom stereocenters. The molecule has 1 aliphatic heterocycles. The van der Waals surface area contributed by atoms with Gasteiger partial charge in [-0.3, -0.25) is 24.5 Å². The Morgan fingerprint density at radius 2 is 2.13 bits per heavy atom. The van der Waals surface area contributed by atoms with Gasteiger partial charge in [0.1, 0.15) is 6.54 Å². The van der Waals surface area contributed by atoms with Gasteiger partial charge in [0.2, 0.25) is 11.8 Å². The van der Waals surface area contributed by atoms with Crippen molar-refractivity contribution in [3.05, 3.63) is 81.5 Å². The largest absolute Gasteiger partial charge is 0.349 e. The van der Waals surface area contributed by atoms with E-state index in [2.05, 4.69) is 15.4 Å². The molecule has 0 radical (unpaired) electrons. The smallest absolute Gasteiger partial charge is 0.276 e. The fourth-order valence-electron chi connectivity index (χ4n) is 3.71. The number of nitrogens with one attached hydrogen (secondary N) is 2. The number of nitrogens with zero attached hydrogens (tertiary/aromatic N) is 4. The molecule has 0 bridgehead atoms. The van der Waals surface area contributed by atoms with Crippen molar-refractivity contribution < 1.29 is 9.59 Å². The second-order valence-electron chi connectivity index (χ2n) is 7.28. The number of benzene rings is 1. The third-order valence-electron chi connectivity index (χ3n) is 5.28. The van der Waals surface area contributed by atoms with Crippen LogP contribution in [0.4, 0.5) is 0 Å². The minimum atomic E-state index is -0.569. The molecule has 0 spiro atoms. The van der Waals surface area contributed by atoms with E-state index in [1.165, 1.54) is 9.58 Å². The molecule has 2 aromatic heterocycles. The Kier molecular flexibility index (Phi) is 5.37. The van der Waals surface area contributed by atoms with Crippen LogP contribution in [-0.2, 0) is 22.6 Å². The van der Waals surface area contributed by atoms with E-state index in [1.807, 2.05) is 12.1 Å². The van der Waals surface area contributed by atoms with Gasteiger partial charge >= 0.3 is 0 Å². The Bertz CT molecular complexity index is 1240. The molecule has 2 N–H and O–H groups in total. The minimum Gasteiger partial charge on any atom is -0.349 e. The number of amides is 2. The van der Waals surface area contributed by atoms with E-state index in [0.29, 0.717) is 28.2 Å². The van der Waals surface area contributed by atoms with Crippen LogP contribution in [0.5, 0.6) is 0 Å². The van der Waals surface area contributed by atoms with Crippen LogP contribution in [0.15, 0.2) is 53.5 Å². The molecule has 0 fully saturated rings. The van der Waals surface area contributed by atoms with Crippen LogP contribution in [0.2, 0.25) is 0 Å². The standard InChI is InChI=1S/C22H20N6O3/c1-14-21-18(26-28(22(21)31)17-7-4-5-15(9-17)11-23)10-20(30)27(14)13-19(29)25-12-16-6-2-3-8-24-16/h2-9,14,26H,10,12-13H2,1H3,(H,25,29). The molecule has 0 aliphatic carbocycles. The number of hydrogen-bond acceptors (Lipinski definition) is 5. The van der Waals surface area contributed by atoms with Crippen molar-refractivity contribution in [1.29, 1.82) is 5.26 Å². The van der Waals surface area contributed by atoms with Gasteiger partial charge in [0.15, 0.2) is 0 Å². The van der Waals surface area contributed by atoms with Crippen LogP contribution >= 0.6 is 0 Å². The number of H-pyrrole nitrogens is 1. The first-order chi connectivity index (χ1) is 15.0. The maximum atomic E-state index is 13.1. The summed E-state index contributed by atoms with van der Waals surface area (Å²) in [5.74, 6) is -0.570. The first-order valence-corrected chi connectivity index (χ1v) is 9.78. The molecule has 9 nitrogen and oxygen atoms in total. The lowest BCUT2D eigenvalue weighted by atomic mass is 10.00. The molecule has 1 aliphatic rings. The summed E-state index contributed by atoms with van der Waals surface area (Å²) in [6.45, 7) is 1.83. The highest BCUT2D eigenvalue weighted by atomic mass is 16.2. The van der Waals surface area contributed by atoms with E-state index >= 15 is 0 Å². The summed E-state index contributed by atoms with van der Waals surface area (Å²) in [6, 6.07) is 13.5. The first-order valence-electron chi connectivity index (χ1n) is 9.78. The summed E-state index contributed by atoms with van der Waals surface area (Å²) < 4.78 is 1.33. The fraction of sp³-hybridized carbons (Fsp3) is 0.227. The van der Waals surface area contributed by atoms with Crippen LogP contribution in [0.1, 0.15) is 35.5 Å². The molecule has 156 valence electrons. The topological polar surface area (TPSA) is 124 Å². The number of carbonyl (C=O) groups excluding carboxylic acids is 2. The van der Waals surface area contributed by atoms with Crippen molar-refractivity contribution in [3.8, 4) is 11.8 Å². The Labute approximate surface area is 177 Å². The van der Waals surface area contributed by atoms with Crippen LogP contribution < -0.4 is 10.9 Å². The summed E-state index contributed by atoms with van der Waals surface area (Å²) in [6.07, 6.45) is 1.63. The first kappa shape index (κ1) is 20.1. The van der Waals surface area contributed by atoms with Gasteiger partial charge in [-0.2, -0.15) is 5.26 Å². The zero-order valence-corrected chi connectivity index (χ0v) is 16.8. The zero-order chi connectivity index (χ0) is 22.0. The van der Waals surface area contributed by atoms with Gasteiger partial charge in [0, 0.05) is 6.20 Å². The summed E-state index contributed by atoms with van der Waals surface area (Å²) >= 11 is 0. The molecule has 3 aromatic rings. The van der Waals surface area contributed by atoms with Gasteiger partial charge in [-0.15, -0.1) is 0 Å². The van der Waals surface area contributed by atoms with E-state index in [-0.39, 0.29) is 36.9 Å². The highest BCUT2D eigenvalue weighted by Gasteiger charge is 2.35. The lowest BCUT2D eigenvalue weighted by Crippen LogP contribution is -2.46. The molecular formula is C22H20N6O3. The number of carbonyl (C=O) groups is 2. The normalized spacial score (nSPS) is 15.3. The highest BCUT2D eigenvalue weighted by Crippen LogP contribution is 2.27. The molecule has 1 atom stereocenters. The van der Waals surface area contributed by atoms with Crippen molar-refractivity contribution >= 4 is 11.8 Å². The number of pyridine rings is 1. The van der Waals surface area contributed by atoms with E-state index in [1.54, 1.807) is 49.5 Å². The molecular weight excluding hydrogens is 396 g/mol. The van der Waals surface area contributed by atoms with Gasteiger partial charge < -0.3 is 10.2 Å². The number of rotatable bonds is 5. The lowest BCUT2D eigenvalue weighted by molar-refractivity contribution is -0.138. The summed E-state index contributed by atoms with van der Waals surface area (Å²) in [7, 11) is 0. The van der Waals surface area contributed by atoms with Gasteiger partial charge in [-0.25, -0.2) is 4.68 Å². The minimum absolute atomic E-state index is 0.00657. The van der Waals surface area contributed by atoms with Crippen molar-refractivity contribution in [1.82, 2.24) is 25.0 Å². The van der Waals surface area contributed by atoms with E-state index in [9.17, 15) is 14.4 Å². The number of aromatic nitrogens is 3. The van der Waals surface area contributed by atoms with Crippen molar-refractivity contribution in [2.24, 2.45) is 0 Å². The average molecular weight is 416 g/mol. The van der Waals surface area contributed by atoms with Gasteiger partial charge in [-0.1, -0.05) is 12.1 Å². The summed E-state index contributed by atoms with van der Waals surface area (Å²) in [5.41, 5.74) is 2.31. The van der Waals surface area contributed by atoms with Gasteiger partial charge in [0.25, 0.3) is 5.56 Å². The number of fused-ring (bicyclic) bond motifs is 1. The monoisotopic (exact) mass is 416 g/mol. The number of nitriles is 1. The quantitative estimate of drug-likeness (QED) is 0.647. The van der Waals surface area contributed by atoms with Crippen molar-refractivity contribution in [3.63, 3.8) is 0 Å². The van der Waals surface area contributed by atoms with Crippen molar-refractivity contribution in [2.45, 2.75) is 25.9 Å². The predicted octanol–water partition coefficient (Wildman–Crippen LogP) is 1.19. The molecule has 0 saturated carbocycles. The predicted molar refractivity (Wildman–Crippen MR) is 111 cm³/mol. The third-order valence-corrected chi connectivity index (χ3v) is 5.28. The zero-order valence-electron chi connectivity index (χ0n) is 16.8. The second-order valence-corrected chi connectivity index (χ2v) is 7.28. The van der Waals surface area contributed by atoms with Crippen LogP contribution in [0, 0.1) is 11.3 Å². The fourth-order valence-corrected chi connectivity index (χ4v) is 3.71. The molecule has 0 saturated heterocycles. The molecule has 4 rings (SSSR count). The number of hydrogen-bond donors (Lipinski definition) is 2. The van der Waals surface area contributed by atoms with E-state index in [4.69, 9.17) is 5.26 Å². The maximum absolute atomic E-state index is 13.1. The Morgan fingerprint density at radius 1 is 1.29 bits per heavy atom. The van der Waals surface area contributed by atoms with Crippen LogP contribution in [0.25, 0.3) is 5.69 Å². The lowest BCUT2D eigenvalue weighted by Gasteiger charge is -2.32. The summed E-state index contributed by atoms with van der Waals surface area (Å²) in [4.78, 5) is 43.7. The third kappa shape index (κ3) is 3.96. The van der Waals surface area contributed by atoms with E-state index < -0.39 is 6.04 Å².